The number of benzene rings is 2. The van der Waals surface area contributed by atoms with Gasteiger partial charge in [-0.3, -0.25) is 9.89 Å². The van der Waals surface area contributed by atoms with E-state index in [4.69, 9.17) is 17.3 Å². The summed E-state index contributed by atoms with van der Waals surface area (Å²) in [6, 6.07) is 9.85. The third-order valence-electron chi connectivity index (χ3n) is 3.62. The van der Waals surface area contributed by atoms with Crippen molar-refractivity contribution in [2.75, 3.05) is 11.9 Å². The Morgan fingerprint density at radius 1 is 1.39 bits per heavy atom. The predicted octanol–water partition coefficient (Wildman–Crippen LogP) is 3.04. The predicted molar refractivity (Wildman–Crippen MR) is 87.9 cm³/mol. The smallest absolute Gasteiger partial charge is 0.233 e. The van der Waals surface area contributed by atoms with E-state index in [1.165, 1.54) is 12.1 Å². The van der Waals surface area contributed by atoms with Gasteiger partial charge in [0.25, 0.3) is 0 Å². The highest BCUT2D eigenvalue weighted by molar-refractivity contribution is 6.30. The van der Waals surface area contributed by atoms with Crippen molar-refractivity contribution < 1.29 is 9.18 Å². The van der Waals surface area contributed by atoms with Gasteiger partial charge < -0.3 is 11.1 Å². The number of halogens is 2. The number of anilines is 1. The molecule has 3 aromatic rings. The quantitative estimate of drug-likeness (QED) is 0.686. The first-order valence-corrected chi connectivity index (χ1v) is 7.36. The van der Waals surface area contributed by atoms with Gasteiger partial charge in [0.15, 0.2) is 0 Å². The van der Waals surface area contributed by atoms with Gasteiger partial charge in [-0.1, -0.05) is 23.7 Å². The van der Waals surface area contributed by atoms with E-state index < -0.39 is 17.6 Å². The molecular weight excluding hydrogens is 319 g/mol. The molecule has 1 aromatic heterocycles. The Morgan fingerprint density at radius 2 is 2.22 bits per heavy atom. The minimum absolute atomic E-state index is 0.0307. The molecule has 3 rings (SSSR count). The highest BCUT2D eigenvalue weighted by atomic mass is 35.5. The van der Waals surface area contributed by atoms with Crippen molar-refractivity contribution in [2.45, 2.75) is 5.92 Å². The zero-order valence-electron chi connectivity index (χ0n) is 12.0. The normalized spacial score (nSPS) is 12.3. The van der Waals surface area contributed by atoms with E-state index in [9.17, 15) is 9.18 Å². The lowest BCUT2D eigenvalue weighted by Crippen LogP contribution is -2.28. The molecule has 5 nitrogen and oxygen atoms in total. The van der Waals surface area contributed by atoms with Crippen LogP contribution in [0.15, 0.2) is 42.6 Å². The van der Waals surface area contributed by atoms with Crippen LogP contribution in [0.3, 0.4) is 0 Å². The van der Waals surface area contributed by atoms with Gasteiger partial charge in [-0.05, 0) is 24.3 Å². The van der Waals surface area contributed by atoms with Crippen LogP contribution in [0.1, 0.15) is 11.5 Å². The number of carbonyl (C=O) groups excluding carboxylic acids is 1. The van der Waals surface area contributed by atoms with Crippen LogP contribution < -0.4 is 11.1 Å². The van der Waals surface area contributed by atoms with E-state index in [2.05, 4.69) is 15.5 Å². The molecule has 1 heterocycles. The number of carbonyl (C=O) groups is 1. The molecule has 1 amide bonds. The van der Waals surface area contributed by atoms with Gasteiger partial charge in [0.05, 0.1) is 22.7 Å². The molecule has 0 fully saturated rings. The first kappa shape index (κ1) is 15.5. The second kappa shape index (κ2) is 6.36. The summed E-state index contributed by atoms with van der Waals surface area (Å²) in [5.41, 5.74) is 7.30. The average Bonchev–Trinajstić information content (AvgIpc) is 3.00. The van der Waals surface area contributed by atoms with E-state index >= 15 is 0 Å². The number of aromatic nitrogens is 2. The lowest BCUT2D eigenvalue weighted by Gasteiger charge is -2.16. The minimum Gasteiger partial charge on any atom is -0.329 e. The standard InChI is InChI=1S/C16H14ClFN4O/c17-13-3-1-2-11(15(13)18)12(7-19)16(23)21-10-4-5-14-9(6-10)8-20-22-14/h1-6,8,12H,7,19H2,(H,20,22)(H,21,23). The molecule has 1 atom stereocenters. The SMILES string of the molecule is NCC(C(=O)Nc1ccc2[nH]ncc2c1)c1cccc(Cl)c1F. The topological polar surface area (TPSA) is 83.8 Å². The molecule has 0 aliphatic heterocycles. The van der Waals surface area contributed by atoms with Crippen molar-refractivity contribution in [2.24, 2.45) is 5.73 Å². The highest BCUT2D eigenvalue weighted by Crippen LogP contribution is 2.26. The molecule has 2 aromatic carbocycles. The minimum atomic E-state index is -0.825. The van der Waals surface area contributed by atoms with Gasteiger partial charge >= 0.3 is 0 Å². The zero-order valence-corrected chi connectivity index (χ0v) is 12.8. The number of fused-ring (bicyclic) bond motifs is 1. The number of nitrogens with two attached hydrogens (primary N) is 1. The summed E-state index contributed by atoms with van der Waals surface area (Å²) in [7, 11) is 0. The summed E-state index contributed by atoms with van der Waals surface area (Å²) in [5.74, 6) is -1.84. The first-order chi connectivity index (χ1) is 11.1. The number of nitrogens with one attached hydrogen (secondary N) is 2. The van der Waals surface area contributed by atoms with E-state index in [1.54, 1.807) is 30.5 Å². The lowest BCUT2D eigenvalue weighted by atomic mass is 9.97. The number of hydrogen-bond acceptors (Lipinski definition) is 3. The molecule has 0 bridgehead atoms. The summed E-state index contributed by atoms with van der Waals surface area (Å²) in [6.07, 6.45) is 1.65. The zero-order chi connectivity index (χ0) is 16.4. The third-order valence-corrected chi connectivity index (χ3v) is 3.91. The van der Waals surface area contributed by atoms with Crippen LogP contribution in [0, 0.1) is 5.82 Å². The number of aromatic amines is 1. The number of rotatable bonds is 4. The van der Waals surface area contributed by atoms with Crippen LogP contribution in [0.2, 0.25) is 5.02 Å². The second-order valence-corrected chi connectivity index (χ2v) is 5.50. The largest absolute Gasteiger partial charge is 0.329 e. The van der Waals surface area contributed by atoms with E-state index in [0.29, 0.717) is 5.69 Å². The Labute approximate surface area is 136 Å². The Bertz CT molecular complexity index is 864. The Morgan fingerprint density at radius 3 is 3.00 bits per heavy atom. The number of hydrogen-bond donors (Lipinski definition) is 3. The average molecular weight is 333 g/mol. The summed E-state index contributed by atoms with van der Waals surface area (Å²) < 4.78 is 14.1. The van der Waals surface area contributed by atoms with Crippen molar-refractivity contribution >= 4 is 34.1 Å². The highest BCUT2D eigenvalue weighted by Gasteiger charge is 2.23. The number of amides is 1. The Kier molecular flexibility index (Phi) is 4.27. The third kappa shape index (κ3) is 3.04. The monoisotopic (exact) mass is 332 g/mol. The van der Waals surface area contributed by atoms with E-state index in [-0.39, 0.29) is 17.1 Å². The molecule has 0 saturated carbocycles. The molecule has 0 aliphatic carbocycles. The molecule has 0 aliphatic rings. The fourth-order valence-corrected chi connectivity index (χ4v) is 2.60. The van der Waals surface area contributed by atoms with E-state index in [0.717, 1.165) is 10.9 Å². The van der Waals surface area contributed by atoms with Gasteiger partial charge in [0.2, 0.25) is 5.91 Å². The van der Waals surface area contributed by atoms with Gasteiger partial charge in [-0.2, -0.15) is 5.10 Å². The molecule has 118 valence electrons. The lowest BCUT2D eigenvalue weighted by molar-refractivity contribution is -0.117. The maximum atomic E-state index is 14.1. The van der Waals surface area contributed by atoms with Crippen molar-refractivity contribution in [3.05, 3.63) is 59.0 Å². The van der Waals surface area contributed by atoms with Crippen LogP contribution >= 0.6 is 11.6 Å². The van der Waals surface area contributed by atoms with Crippen molar-refractivity contribution in [1.29, 1.82) is 0 Å². The fourth-order valence-electron chi connectivity index (χ4n) is 2.41. The molecule has 0 spiro atoms. The van der Waals surface area contributed by atoms with Crippen LogP contribution in [0.5, 0.6) is 0 Å². The van der Waals surface area contributed by atoms with Crippen LogP contribution in [0.4, 0.5) is 10.1 Å². The summed E-state index contributed by atoms with van der Waals surface area (Å²) in [5, 5.41) is 10.3. The molecular formula is C16H14ClFN4O. The van der Waals surface area contributed by atoms with Crippen LogP contribution in [-0.4, -0.2) is 22.6 Å². The molecule has 1 unspecified atom stereocenters. The van der Waals surface area contributed by atoms with Gasteiger partial charge in [-0.15, -0.1) is 0 Å². The van der Waals surface area contributed by atoms with Crippen LogP contribution in [0.25, 0.3) is 10.9 Å². The molecule has 0 saturated heterocycles. The summed E-state index contributed by atoms with van der Waals surface area (Å²) >= 11 is 5.77. The van der Waals surface area contributed by atoms with Gasteiger partial charge in [0.1, 0.15) is 5.82 Å². The van der Waals surface area contributed by atoms with Crippen LogP contribution in [-0.2, 0) is 4.79 Å². The maximum absolute atomic E-state index is 14.1. The maximum Gasteiger partial charge on any atom is 0.233 e. The van der Waals surface area contributed by atoms with Crippen molar-refractivity contribution in [3.63, 3.8) is 0 Å². The molecule has 7 heteroatoms. The summed E-state index contributed by atoms with van der Waals surface area (Å²) in [6.45, 7) is -0.0307. The molecule has 4 N–H and O–H groups in total. The Hall–Kier alpha value is -2.44. The van der Waals surface area contributed by atoms with Gasteiger partial charge in [-0.25, -0.2) is 4.39 Å². The number of nitrogens with zero attached hydrogens (tertiary/aromatic N) is 1. The molecule has 23 heavy (non-hydrogen) atoms. The summed E-state index contributed by atoms with van der Waals surface area (Å²) in [4.78, 5) is 12.5. The van der Waals surface area contributed by atoms with E-state index in [1.807, 2.05) is 0 Å². The fraction of sp³-hybridized carbons (Fsp3) is 0.125. The first-order valence-electron chi connectivity index (χ1n) is 6.98. The van der Waals surface area contributed by atoms with Crippen molar-refractivity contribution in [3.8, 4) is 0 Å². The van der Waals surface area contributed by atoms with Gasteiger partial charge in [0, 0.05) is 23.2 Å². The number of H-pyrrole nitrogens is 1. The molecule has 0 radical (unpaired) electrons. The second-order valence-electron chi connectivity index (χ2n) is 5.09. The Balaban J connectivity index is 1.86. The van der Waals surface area contributed by atoms with Crippen molar-refractivity contribution in [1.82, 2.24) is 10.2 Å².